The first-order valence-electron chi connectivity index (χ1n) is 5.36. The van der Waals surface area contributed by atoms with Crippen molar-refractivity contribution in [2.75, 3.05) is 0 Å². The molecule has 6 heteroatoms. The molecule has 6 nitrogen and oxygen atoms in total. The van der Waals surface area contributed by atoms with E-state index in [1.165, 1.54) is 0 Å². The third-order valence-corrected chi connectivity index (χ3v) is 2.81. The molecule has 0 aliphatic heterocycles. The van der Waals surface area contributed by atoms with Crippen molar-refractivity contribution in [3.05, 3.63) is 36.2 Å². The van der Waals surface area contributed by atoms with Gasteiger partial charge >= 0.3 is 5.97 Å². The molecule has 2 heterocycles. The predicted molar refractivity (Wildman–Crippen MR) is 65.3 cm³/mol. The number of aromatic nitrogens is 4. The number of nitrogens with zero attached hydrogens (tertiary/aromatic N) is 3. The molecular formula is C12H10N4O2. The molecule has 2 N–H and O–H groups in total. The Labute approximate surface area is 102 Å². The molecule has 0 unspecified atom stereocenters. The van der Waals surface area contributed by atoms with Crippen LogP contribution < -0.4 is 0 Å². The maximum absolute atomic E-state index is 11.1. The Morgan fingerprint density at radius 1 is 1.44 bits per heavy atom. The highest BCUT2D eigenvalue weighted by atomic mass is 16.4. The van der Waals surface area contributed by atoms with Crippen molar-refractivity contribution in [3.8, 4) is 11.3 Å². The Morgan fingerprint density at radius 3 is 2.94 bits per heavy atom. The summed E-state index contributed by atoms with van der Waals surface area (Å²) in [6.07, 6.45) is 3.53. The number of aryl methyl sites for hydroxylation is 1. The highest BCUT2D eigenvalue weighted by molar-refractivity contribution is 6.05. The lowest BCUT2D eigenvalue weighted by Crippen LogP contribution is -1.96. The average molecular weight is 242 g/mol. The van der Waals surface area contributed by atoms with Crippen LogP contribution in [-0.2, 0) is 7.05 Å². The van der Waals surface area contributed by atoms with Crippen molar-refractivity contribution in [2.24, 2.45) is 7.05 Å². The summed E-state index contributed by atoms with van der Waals surface area (Å²) >= 11 is 0. The SMILES string of the molecule is Cn1cc(-c2n[nH]c3c(C(=O)O)cccc23)cn1. The molecule has 3 aromatic rings. The fourth-order valence-electron chi connectivity index (χ4n) is 1.98. The zero-order chi connectivity index (χ0) is 12.7. The van der Waals surface area contributed by atoms with Gasteiger partial charge in [0, 0.05) is 24.2 Å². The second kappa shape index (κ2) is 3.69. The van der Waals surface area contributed by atoms with E-state index < -0.39 is 5.97 Å². The monoisotopic (exact) mass is 242 g/mol. The largest absolute Gasteiger partial charge is 0.478 e. The number of fused-ring (bicyclic) bond motifs is 1. The lowest BCUT2D eigenvalue weighted by Gasteiger charge is -1.96. The van der Waals surface area contributed by atoms with Crippen LogP contribution in [0.4, 0.5) is 0 Å². The molecule has 1 aromatic carbocycles. The molecule has 0 aliphatic carbocycles. The molecule has 2 aromatic heterocycles. The summed E-state index contributed by atoms with van der Waals surface area (Å²) in [5.41, 5.74) is 2.31. The first kappa shape index (κ1) is 10.5. The molecule has 18 heavy (non-hydrogen) atoms. The van der Waals surface area contributed by atoms with E-state index in [0.29, 0.717) is 11.2 Å². The molecule has 0 saturated carbocycles. The normalized spacial score (nSPS) is 10.9. The fraction of sp³-hybridized carbons (Fsp3) is 0.0833. The van der Waals surface area contributed by atoms with Crippen molar-refractivity contribution in [1.82, 2.24) is 20.0 Å². The smallest absolute Gasteiger partial charge is 0.337 e. The van der Waals surface area contributed by atoms with Crippen LogP contribution in [0.5, 0.6) is 0 Å². The summed E-state index contributed by atoms with van der Waals surface area (Å²) in [5, 5.41) is 20.9. The van der Waals surface area contributed by atoms with Gasteiger partial charge < -0.3 is 5.11 Å². The molecule has 0 fully saturated rings. The second-order valence-electron chi connectivity index (χ2n) is 4.01. The number of aromatic carboxylic acids is 1. The van der Waals surface area contributed by atoms with E-state index >= 15 is 0 Å². The van der Waals surface area contributed by atoms with E-state index in [0.717, 1.165) is 10.9 Å². The minimum Gasteiger partial charge on any atom is -0.478 e. The predicted octanol–water partition coefficient (Wildman–Crippen LogP) is 1.66. The first-order chi connectivity index (χ1) is 8.66. The number of hydrogen-bond acceptors (Lipinski definition) is 3. The number of aromatic amines is 1. The van der Waals surface area contributed by atoms with Crippen molar-refractivity contribution in [2.45, 2.75) is 0 Å². The molecule has 0 radical (unpaired) electrons. The number of carboxylic acid groups (broad SMARTS) is 1. The van der Waals surface area contributed by atoms with Gasteiger partial charge in [0.1, 0.15) is 5.69 Å². The van der Waals surface area contributed by atoms with Gasteiger partial charge in [0.25, 0.3) is 0 Å². The summed E-state index contributed by atoms with van der Waals surface area (Å²) < 4.78 is 1.68. The zero-order valence-electron chi connectivity index (χ0n) is 9.58. The Morgan fingerprint density at radius 2 is 2.28 bits per heavy atom. The van der Waals surface area contributed by atoms with Crippen molar-refractivity contribution < 1.29 is 9.90 Å². The maximum atomic E-state index is 11.1. The molecule has 0 bridgehead atoms. The third kappa shape index (κ3) is 1.46. The number of hydrogen-bond donors (Lipinski definition) is 2. The Balaban J connectivity index is 2.27. The van der Waals surface area contributed by atoms with E-state index in [4.69, 9.17) is 5.11 Å². The van der Waals surface area contributed by atoms with Gasteiger partial charge in [-0.25, -0.2) is 4.79 Å². The summed E-state index contributed by atoms with van der Waals surface area (Å²) in [6.45, 7) is 0. The Kier molecular flexibility index (Phi) is 2.16. The molecule has 0 amide bonds. The number of para-hydroxylation sites is 1. The van der Waals surface area contributed by atoms with Gasteiger partial charge in [0.05, 0.1) is 17.3 Å². The lowest BCUT2D eigenvalue weighted by atomic mass is 10.1. The molecule has 0 aliphatic rings. The number of carbonyl (C=O) groups is 1. The van der Waals surface area contributed by atoms with Crippen molar-refractivity contribution in [3.63, 3.8) is 0 Å². The van der Waals surface area contributed by atoms with E-state index in [1.807, 2.05) is 19.3 Å². The van der Waals surface area contributed by atoms with Crippen molar-refractivity contribution >= 4 is 16.9 Å². The Bertz CT molecular complexity index is 741. The summed E-state index contributed by atoms with van der Waals surface area (Å²) in [4.78, 5) is 11.1. The third-order valence-electron chi connectivity index (χ3n) is 2.81. The fourth-order valence-corrected chi connectivity index (χ4v) is 1.98. The number of H-pyrrole nitrogens is 1. The average Bonchev–Trinajstić information content (AvgIpc) is 2.93. The minimum absolute atomic E-state index is 0.218. The molecule has 0 saturated heterocycles. The maximum Gasteiger partial charge on any atom is 0.337 e. The van der Waals surface area contributed by atoms with Crippen LogP contribution >= 0.6 is 0 Å². The van der Waals surface area contributed by atoms with Crippen LogP contribution in [0.3, 0.4) is 0 Å². The van der Waals surface area contributed by atoms with Crippen LogP contribution in [0.1, 0.15) is 10.4 Å². The molecule has 0 spiro atoms. The Hall–Kier alpha value is -2.63. The second-order valence-corrected chi connectivity index (χ2v) is 4.01. The van der Waals surface area contributed by atoms with E-state index in [1.54, 1.807) is 23.0 Å². The van der Waals surface area contributed by atoms with Gasteiger partial charge in [0.2, 0.25) is 0 Å². The minimum atomic E-state index is -0.970. The summed E-state index contributed by atoms with van der Waals surface area (Å²) in [5.74, 6) is -0.970. The summed E-state index contributed by atoms with van der Waals surface area (Å²) in [6, 6.07) is 5.10. The highest BCUT2D eigenvalue weighted by Crippen LogP contribution is 2.27. The topological polar surface area (TPSA) is 83.8 Å². The van der Waals surface area contributed by atoms with Crippen LogP contribution in [0.2, 0.25) is 0 Å². The number of rotatable bonds is 2. The van der Waals surface area contributed by atoms with Gasteiger partial charge in [-0.05, 0) is 6.07 Å². The van der Waals surface area contributed by atoms with Crippen LogP contribution in [0.15, 0.2) is 30.6 Å². The van der Waals surface area contributed by atoms with E-state index in [9.17, 15) is 4.79 Å². The highest BCUT2D eigenvalue weighted by Gasteiger charge is 2.15. The van der Waals surface area contributed by atoms with E-state index in [2.05, 4.69) is 15.3 Å². The zero-order valence-corrected chi connectivity index (χ0v) is 9.58. The number of nitrogens with one attached hydrogen (secondary N) is 1. The number of benzene rings is 1. The van der Waals surface area contributed by atoms with Gasteiger partial charge in [-0.1, -0.05) is 12.1 Å². The van der Waals surface area contributed by atoms with Gasteiger partial charge in [-0.2, -0.15) is 10.2 Å². The van der Waals surface area contributed by atoms with Gasteiger partial charge in [-0.15, -0.1) is 0 Å². The quantitative estimate of drug-likeness (QED) is 0.715. The van der Waals surface area contributed by atoms with Crippen LogP contribution in [0, 0.1) is 0 Å². The summed E-state index contributed by atoms with van der Waals surface area (Å²) in [7, 11) is 1.82. The number of carboxylic acids is 1. The molecule has 90 valence electrons. The lowest BCUT2D eigenvalue weighted by molar-refractivity contribution is 0.0699. The standard InChI is InChI=1S/C12H10N4O2/c1-16-6-7(5-13-16)10-8-3-2-4-9(12(17)18)11(8)15-14-10/h2-6H,1H3,(H,14,15)(H,17,18). The van der Waals surface area contributed by atoms with Crippen LogP contribution in [0.25, 0.3) is 22.2 Å². The van der Waals surface area contributed by atoms with Crippen LogP contribution in [-0.4, -0.2) is 31.1 Å². The van der Waals surface area contributed by atoms with E-state index in [-0.39, 0.29) is 5.56 Å². The molecule has 0 atom stereocenters. The molecule has 3 rings (SSSR count). The van der Waals surface area contributed by atoms with Gasteiger partial charge in [0.15, 0.2) is 0 Å². The van der Waals surface area contributed by atoms with Crippen molar-refractivity contribution in [1.29, 1.82) is 0 Å². The van der Waals surface area contributed by atoms with Gasteiger partial charge in [-0.3, -0.25) is 9.78 Å². The molecular weight excluding hydrogens is 232 g/mol. The first-order valence-corrected chi connectivity index (χ1v) is 5.36.